The zero-order valence-corrected chi connectivity index (χ0v) is 17.8. The summed E-state index contributed by atoms with van der Waals surface area (Å²) in [6, 6.07) is 21.6. The van der Waals surface area contributed by atoms with Crippen LogP contribution in [0.4, 0.5) is 0 Å². The van der Waals surface area contributed by atoms with Gasteiger partial charge in [0.25, 0.3) is 0 Å². The van der Waals surface area contributed by atoms with Crippen LogP contribution in [0.15, 0.2) is 60.7 Å². The maximum Gasteiger partial charge on any atom is 0.174 e. The number of hydrogen-bond donors (Lipinski definition) is 1. The molecule has 0 spiro atoms. The number of thioether (sulfide) groups is 2. The van der Waals surface area contributed by atoms with Crippen LogP contribution in [0, 0.1) is 0 Å². The van der Waals surface area contributed by atoms with E-state index in [4.69, 9.17) is 0 Å². The molecule has 0 aliphatic rings. The lowest BCUT2D eigenvalue weighted by Gasteiger charge is -2.16. The molecular formula is C22H28N4S2. The van der Waals surface area contributed by atoms with Crippen molar-refractivity contribution < 1.29 is 0 Å². The Bertz CT molecular complexity index is 751. The number of rotatable bonds is 13. The number of hydrogen-bond acceptors (Lipinski definition) is 5. The molecule has 148 valence electrons. The number of aromatic amines is 1. The highest BCUT2D eigenvalue weighted by atomic mass is 32.2. The van der Waals surface area contributed by atoms with E-state index in [0.717, 1.165) is 30.2 Å². The molecule has 1 heterocycles. The van der Waals surface area contributed by atoms with Gasteiger partial charge in [-0.25, -0.2) is 0 Å². The Labute approximate surface area is 176 Å². The molecule has 0 aliphatic heterocycles. The SMILES string of the molecule is c1ccc(CSCCC(CCCCc2nn[nH]n2)SCc2ccccc2)cc1. The highest BCUT2D eigenvalue weighted by Crippen LogP contribution is 2.27. The van der Waals surface area contributed by atoms with Crippen molar-refractivity contribution in [3.63, 3.8) is 0 Å². The Balaban J connectivity index is 1.39. The molecular weight excluding hydrogens is 384 g/mol. The van der Waals surface area contributed by atoms with E-state index in [2.05, 4.69) is 93.0 Å². The summed E-state index contributed by atoms with van der Waals surface area (Å²) >= 11 is 4.15. The number of aromatic nitrogens is 4. The Hall–Kier alpha value is -1.79. The van der Waals surface area contributed by atoms with Gasteiger partial charge in [0.1, 0.15) is 0 Å². The summed E-state index contributed by atoms with van der Waals surface area (Å²) in [5.41, 5.74) is 2.84. The van der Waals surface area contributed by atoms with Crippen LogP contribution in [0.25, 0.3) is 0 Å². The van der Waals surface area contributed by atoms with E-state index in [1.54, 1.807) is 0 Å². The predicted molar refractivity (Wildman–Crippen MR) is 120 cm³/mol. The van der Waals surface area contributed by atoms with Crippen molar-refractivity contribution in [1.82, 2.24) is 20.6 Å². The van der Waals surface area contributed by atoms with E-state index < -0.39 is 0 Å². The van der Waals surface area contributed by atoms with Gasteiger partial charge >= 0.3 is 0 Å². The number of aryl methyl sites for hydroxylation is 1. The number of nitrogens with one attached hydrogen (secondary N) is 1. The van der Waals surface area contributed by atoms with Gasteiger partial charge in [-0.1, -0.05) is 72.3 Å². The molecule has 0 bridgehead atoms. The molecule has 1 aromatic heterocycles. The van der Waals surface area contributed by atoms with Gasteiger partial charge in [-0.2, -0.15) is 28.7 Å². The molecule has 4 nitrogen and oxygen atoms in total. The molecule has 3 rings (SSSR count). The monoisotopic (exact) mass is 412 g/mol. The van der Waals surface area contributed by atoms with E-state index in [1.165, 1.54) is 36.1 Å². The van der Waals surface area contributed by atoms with Crippen molar-refractivity contribution in [2.45, 2.75) is 48.9 Å². The smallest absolute Gasteiger partial charge is 0.174 e. The summed E-state index contributed by atoms with van der Waals surface area (Å²) < 4.78 is 0. The second-order valence-corrected chi connectivity index (χ2v) is 9.21. The molecule has 0 radical (unpaired) electrons. The lowest BCUT2D eigenvalue weighted by Crippen LogP contribution is -2.06. The molecule has 1 unspecified atom stereocenters. The first-order chi connectivity index (χ1) is 13.9. The van der Waals surface area contributed by atoms with E-state index >= 15 is 0 Å². The topological polar surface area (TPSA) is 54.5 Å². The zero-order chi connectivity index (χ0) is 19.3. The van der Waals surface area contributed by atoms with E-state index in [0.29, 0.717) is 5.25 Å². The second kappa shape index (κ2) is 12.6. The minimum absolute atomic E-state index is 0.703. The average molecular weight is 413 g/mol. The van der Waals surface area contributed by atoms with Crippen molar-refractivity contribution in [3.8, 4) is 0 Å². The normalized spacial score (nSPS) is 12.1. The van der Waals surface area contributed by atoms with Crippen molar-refractivity contribution in [2.75, 3.05) is 5.75 Å². The lowest BCUT2D eigenvalue weighted by atomic mass is 10.1. The maximum atomic E-state index is 4.04. The van der Waals surface area contributed by atoms with Crippen LogP contribution in [0.5, 0.6) is 0 Å². The highest BCUT2D eigenvalue weighted by Gasteiger charge is 2.10. The molecule has 1 N–H and O–H groups in total. The van der Waals surface area contributed by atoms with Crippen LogP contribution < -0.4 is 0 Å². The van der Waals surface area contributed by atoms with Crippen molar-refractivity contribution in [3.05, 3.63) is 77.6 Å². The van der Waals surface area contributed by atoms with Gasteiger partial charge in [-0.15, -0.1) is 10.2 Å². The third-order valence-corrected chi connectivity index (χ3v) is 7.09. The number of nitrogens with zero attached hydrogens (tertiary/aromatic N) is 3. The number of benzene rings is 2. The standard InChI is InChI=1S/C22H28N4S2/c1-3-9-19(10-4-1)17-27-16-15-21(28-18-20-11-5-2-6-12-20)13-7-8-14-22-23-25-26-24-22/h1-6,9-12,21H,7-8,13-18H2,(H,23,24,25,26). The van der Waals surface area contributed by atoms with Gasteiger partial charge < -0.3 is 0 Å². The largest absolute Gasteiger partial charge is 0.177 e. The average Bonchev–Trinajstić information content (AvgIpc) is 3.27. The Morgan fingerprint density at radius 1 is 0.821 bits per heavy atom. The number of unbranched alkanes of at least 4 members (excludes halogenated alkanes) is 1. The molecule has 0 aliphatic carbocycles. The first kappa shape index (κ1) is 20.9. The van der Waals surface area contributed by atoms with Gasteiger partial charge in [-0.3, -0.25) is 0 Å². The quantitative estimate of drug-likeness (QED) is 0.374. The fraction of sp³-hybridized carbons (Fsp3) is 0.409. The molecule has 1 atom stereocenters. The summed E-state index contributed by atoms with van der Waals surface area (Å²) in [6.07, 6.45) is 5.76. The third-order valence-electron chi connectivity index (χ3n) is 4.59. The van der Waals surface area contributed by atoms with Crippen LogP contribution in [-0.2, 0) is 17.9 Å². The van der Waals surface area contributed by atoms with Crippen LogP contribution in [0.1, 0.15) is 42.6 Å². The summed E-state index contributed by atoms with van der Waals surface area (Å²) in [5.74, 6) is 4.24. The number of H-pyrrole nitrogens is 1. The third kappa shape index (κ3) is 8.07. The maximum absolute atomic E-state index is 4.04. The van der Waals surface area contributed by atoms with E-state index in [1.807, 2.05) is 11.8 Å². The summed E-state index contributed by atoms with van der Waals surface area (Å²) in [6.45, 7) is 0. The van der Waals surface area contributed by atoms with Crippen molar-refractivity contribution in [1.29, 1.82) is 0 Å². The van der Waals surface area contributed by atoms with Crippen LogP contribution in [-0.4, -0.2) is 31.6 Å². The first-order valence-corrected chi connectivity index (χ1v) is 12.1. The molecule has 2 aromatic carbocycles. The lowest BCUT2D eigenvalue weighted by molar-refractivity contribution is 0.635. The van der Waals surface area contributed by atoms with Gasteiger partial charge in [0.2, 0.25) is 0 Å². The second-order valence-electron chi connectivity index (χ2n) is 6.82. The summed E-state index contributed by atoms with van der Waals surface area (Å²) in [4.78, 5) is 0. The van der Waals surface area contributed by atoms with Crippen molar-refractivity contribution in [2.24, 2.45) is 0 Å². The van der Waals surface area contributed by atoms with Crippen LogP contribution >= 0.6 is 23.5 Å². The molecule has 6 heteroatoms. The van der Waals surface area contributed by atoms with E-state index in [-0.39, 0.29) is 0 Å². The Morgan fingerprint density at radius 2 is 1.54 bits per heavy atom. The van der Waals surface area contributed by atoms with Crippen molar-refractivity contribution >= 4 is 23.5 Å². The summed E-state index contributed by atoms with van der Waals surface area (Å²) in [5, 5.41) is 14.9. The zero-order valence-electron chi connectivity index (χ0n) is 16.2. The highest BCUT2D eigenvalue weighted by molar-refractivity contribution is 7.99. The number of tetrazole rings is 1. The van der Waals surface area contributed by atoms with Gasteiger partial charge in [0.15, 0.2) is 5.82 Å². The van der Waals surface area contributed by atoms with Gasteiger partial charge in [-0.05, 0) is 36.1 Å². The molecule has 0 saturated heterocycles. The first-order valence-electron chi connectivity index (χ1n) is 9.89. The molecule has 3 aromatic rings. The van der Waals surface area contributed by atoms with Crippen LogP contribution in [0.3, 0.4) is 0 Å². The van der Waals surface area contributed by atoms with E-state index in [9.17, 15) is 0 Å². The molecule has 0 saturated carbocycles. The molecule has 0 fully saturated rings. The molecule has 0 amide bonds. The summed E-state index contributed by atoms with van der Waals surface area (Å²) in [7, 11) is 0. The predicted octanol–water partition coefficient (Wildman–Crippen LogP) is 5.54. The fourth-order valence-electron chi connectivity index (χ4n) is 3.02. The molecule has 28 heavy (non-hydrogen) atoms. The fourth-order valence-corrected chi connectivity index (χ4v) is 5.43. The van der Waals surface area contributed by atoms with Gasteiger partial charge in [0, 0.05) is 23.2 Å². The minimum Gasteiger partial charge on any atom is -0.177 e. The Kier molecular flexibility index (Phi) is 9.44. The van der Waals surface area contributed by atoms with Crippen LogP contribution in [0.2, 0.25) is 0 Å². The minimum atomic E-state index is 0.703. The Morgan fingerprint density at radius 3 is 2.21 bits per heavy atom. The van der Waals surface area contributed by atoms with Gasteiger partial charge in [0.05, 0.1) is 0 Å².